The first-order valence-corrected chi connectivity index (χ1v) is 6.02. The molecule has 0 saturated heterocycles. The van der Waals surface area contributed by atoms with Crippen molar-refractivity contribution in [2.24, 2.45) is 0 Å². The number of fused-ring (bicyclic) bond motifs is 1. The van der Waals surface area contributed by atoms with Gasteiger partial charge in [-0.1, -0.05) is 42.5 Å². The van der Waals surface area contributed by atoms with E-state index in [9.17, 15) is 9.90 Å². The smallest absolute Gasteiger partial charge is 0.166 e. The van der Waals surface area contributed by atoms with Crippen LogP contribution in [0.15, 0.2) is 54.6 Å². The van der Waals surface area contributed by atoms with Crippen molar-refractivity contribution in [3.05, 3.63) is 60.2 Å². The standard InChI is InChI=1S/C16H14O2/c1-16(18)9-8-14(17)15(16)13-7-6-11-4-2-3-5-12(11)10-13/h2-10,15,18H,1H3/t15?,16-/m1/s1. The molecule has 1 unspecified atom stereocenters. The van der Waals surface area contributed by atoms with E-state index in [0.29, 0.717) is 0 Å². The first-order chi connectivity index (χ1) is 8.58. The van der Waals surface area contributed by atoms with Gasteiger partial charge in [-0.15, -0.1) is 0 Å². The molecule has 1 aliphatic carbocycles. The van der Waals surface area contributed by atoms with Crippen molar-refractivity contribution in [1.29, 1.82) is 0 Å². The molecule has 0 aliphatic heterocycles. The van der Waals surface area contributed by atoms with E-state index in [1.54, 1.807) is 13.0 Å². The Morgan fingerprint density at radius 1 is 1.11 bits per heavy atom. The maximum Gasteiger partial charge on any atom is 0.166 e. The number of carbonyl (C=O) groups is 1. The molecule has 2 aromatic rings. The van der Waals surface area contributed by atoms with Gasteiger partial charge in [0.1, 0.15) is 0 Å². The molecule has 0 heterocycles. The van der Waals surface area contributed by atoms with Crippen LogP contribution in [0.4, 0.5) is 0 Å². The molecule has 2 heteroatoms. The molecule has 0 spiro atoms. The third-order valence-electron chi connectivity index (χ3n) is 3.56. The fourth-order valence-electron chi connectivity index (χ4n) is 2.62. The van der Waals surface area contributed by atoms with Crippen LogP contribution in [-0.2, 0) is 4.79 Å². The Kier molecular flexibility index (Phi) is 2.35. The molecular weight excluding hydrogens is 224 g/mol. The molecular formula is C16H14O2. The second kappa shape index (κ2) is 3.79. The van der Waals surface area contributed by atoms with Crippen molar-refractivity contribution >= 4 is 16.6 Å². The van der Waals surface area contributed by atoms with E-state index in [0.717, 1.165) is 16.3 Å². The fourth-order valence-corrected chi connectivity index (χ4v) is 2.62. The minimum atomic E-state index is -1.08. The van der Waals surface area contributed by atoms with Crippen LogP contribution in [0.25, 0.3) is 10.8 Å². The molecule has 0 saturated carbocycles. The molecule has 0 radical (unpaired) electrons. The van der Waals surface area contributed by atoms with Gasteiger partial charge < -0.3 is 5.11 Å². The molecule has 0 amide bonds. The van der Waals surface area contributed by atoms with Crippen molar-refractivity contribution in [1.82, 2.24) is 0 Å². The molecule has 2 atom stereocenters. The maximum atomic E-state index is 11.9. The van der Waals surface area contributed by atoms with Gasteiger partial charge >= 0.3 is 0 Å². The summed E-state index contributed by atoms with van der Waals surface area (Å²) in [5, 5.41) is 12.5. The number of rotatable bonds is 1. The monoisotopic (exact) mass is 238 g/mol. The fraction of sp³-hybridized carbons (Fsp3) is 0.188. The first-order valence-electron chi connectivity index (χ1n) is 6.02. The lowest BCUT2D eigenvalue weighted by Gasteiger charge is -2.24. The van der Waals surface area contributed by atoms with Gasteiger partial charge in [0.2, 0.25) is 0 Å². The predicted molar refractivity (Wildman–Crippen MR) is 71.5 cm³/mol. The highest BCUT2D eigenvalue weighted by molar-refractivity contribution is 6.00. The van der Waals surface area contributed by atoms with E-state index in [-0.39, 0.29) is 5.78 Å². The molecule has 0 fully saturated rings. The van der Waals surface area contributed by atoms with E-state index in [1.807, 2.05) is 42.5 Å². The highest BCUT2D eigenvalue weighted by Gasteiger charge is 2.39. The Morgan fingerprint density at radius 2 is 1.83 bits per heavy atom. The van der Waals surface area contributed by atoms with Gasteiger partial charge in [0.05, 0.1) is 11.5 Å². The molecule has 18 heavy (non-hydrogen) atoms. The summed E-state index contributed by atoms with van der Waals surface area (Å²) in [6.07, 6.45) is 3.05. The van der Waals surface area contributed by atoms with E-state index < -0.39 is 11.5 Å². The number of allylic oxidation sites excluding steroid dienone is 1. The van der Waals surface area contributed by atoms with Crippen LogP contribution in [0.1, 0.15) is 18.4 Å². The lowest BCUT2D eigenvalue weighted by atomic mass is 9.84. The summed E-state index contributed by atoms with van der Waals surface area (Å²) in [7, 11) is 0. The molecule has 3 rings (SSSR count). The van der Waals surface area contributed by atoms with Crippen LogP contribution in [0.3, 0.4) is 0 Å². The van der Waals surface area contributed by atoms with Gasteiger partial charge in [0.15, 0.2) is 5.78 Å². The van der Waals surface area contributed by atoms with E-state index in [1.165, 1.54) is 6.08 Å². The van der Waals surface area contributed by atoms with Gasteiger partial charge in [-0.3, -0.25) is 4.79 Å². The molecule has 2 aromatic carbocycles. The lowest BCUT2D eigenvalue weighted by Crippen LogP contribution is -2.30. The average Bonchev–Trinajstić information content (AvgIpc) is 2.63. The second-order valence-electron chi connectivity index (χ2n) is 5.00. The summed E-state index contributed by atoms with van der Waals surface area (Å²) in [5.41, 5.74) is -0.215. The Bertz CT molecular complexity index is 653. The highest BCUT2D eigenvalue weighted by atomic mass is 16.3. The lowest BCUT2D eigenvalue weighted by molar-refractivity contribution is -0.118. The molecule has 2 nitrogen and oxygen atoms in total. The van der Waals surface area contributed by atoms with Crippen LogP contribution < -0.4 is 0 Å². The third kappa shape index (κ3) is 1.66. The first kappa shape index (κ1) is 11.2. The van der Waals surface area contributed by atoms with Crippen molar-refractivity contribution in [3.8, 4) is 0 Å². The molecule has 90 valence electrons. The summed E-state index contributed by atoms with van der Waals surface area (Å²) in [4.78, 5) is 11.9. The number of hydrogen-bond donors (Lipinski definition) is 1. The number of benzene rings is 2. The zero-order valence-corrected chi connectivity index (χ0v) is 10.1. The third-order valence-corrected chi connectivity index (χ3v) is 3.56. The largest absolute Gasteiger partial charge is 0.385 e. The quantitative estimate of drug-likeness (QED) is 0.829. The minimum Gasteiger partial charge on any atom is -0.385 e. The van der Waals surface area contributed by atoms with Crippen LogP contribution >= 0.6 is 0 Å². The predicted octanol–water partition coefficient (Wildman–Crippen LogP) is 2.81. The van der Waals surface area contributed by atoms with E-state index in [2.05, 4.69) is 0 Å². The second-order valence-corrected chi connectivity index (χ2v) is 5.00. The Labute approximate surface area is 106 Å². The number of ketones is 1. The molecule has 1 aliphatic rings. The number of carbonyl (C=O) groups excluding carboxylic acids is 1. The van der Waals surface area contributed by atoms with E-state index >= 15 is 0 Å². The Hall–Kier alpha value is -1.93. The SMILES string of the molecule is C[C@@]1(O)C=CC(=O)C1c1ccc2ccccc2c1. The summed E-state index contributed by atoms with van der Waals surface area (Å²) in [5.74, 6) is -0.516. The highest BCUT2D eigenvalue weighted by Crippen LogP contribution is 2.36. The van der Waals surface area contributed by atoms with Crippen LogP contribution in [0, 0.1) is 0 Å². The summed E-state index contributed by atoms with van der Waals surface area (Å²) in [6, 6.07) is 13.9. The number of hydrogen-bond acceptors (Lipinski definition) is 2. The van der Waals surface area contributed by atoms with Gasteiger partial charge in [-0.05, 0) is 35.4 Å². The zero-order chi connectivity index (χ0) is 12.8. The topological polar surface area (TPSA) is 37.3 Å². The molecule has 1 N–H and O–H groups in total. The van der Waals surface area contributed by atoms with Crippen molar-refractivity contribution < 1.29 is 9.90 Å². The van der Waals surface area contributed by atoms with Gasteiger partial charge in [0, 0.05) is 0 Å². The van der Waals surface area contributed by atoms with Gasteiger partial charge in [-0.25, -0.2) is 0 Å². The molecule has 0 bridgehead atoms. The van der Waals surface area contributed by atoms with Gasteiger partial charge in [0.25, 0.3) is 0 Å². The normalized spacial score (nSPS) is 27.0. The van der Waals surface area contributed by atoms with Gasteiger partial charge in [-0.2, -0.15) is 0 Å². The van der Waals surface area contributed by atoms with Crippen molar-refractivity contribution in [2.45, 2.75) is 18.4 Å². The van der Waals surface area contributed by atoms with Crippen LogP contribution in [0.5, 0.6) is 0 Å². The van der Waals surface area contributed by atoms with E-state index in [4.69, 9.17) is 0 Å². The molecule has 0 aromatic heterocycles. The average molecular weight is 238 g/mol. The Morgan fingerprint density at radius 3 is 2.50 bits per heavy atom. The number of aliphatic hydroxyl groups is 1. The Balaban J connectivity index is 2.12. The van der Waals surface area contributed by atoms with Crippen molar-refractivity contribution in [3.63, 3.8) is 0 Å². The summed E-state index contributed by atoms with van der Waals surface area (Å²) >= 11 is 0. The maximum absolute atomic E-state index is 11.9. The minimum absolute atomic E-state index is 0.0321. The van der Waals surface area contributed by atoms with Crippen LogP contribution in [-0.4, -0.2) is 16.5 Å². The van der Waals surface area contributed by atoms with Crippen molar-refractivity contribution in [2.75, 3.05) is 0 Å². The summed E-state index contributed by atoms with van der Waals surface area (Å²) < 4.78 is 0. The summed E-state index contributed by atoms with van der Waals surface area (Å²) in [6.45, 7) is 1.67. The zero-order valence-electron chi connectivity index (χ0n) is 10.1. The van der Waals surface area contributed by atoms with Crippen LogP contribution in [0.2, 0.25) is 0 Å².